The Balaban J connectivity index is 2.33. The summed E-state index contributed by atoms with van der Waals surface area (Å²) in [6.07, 6.45) is -0.0310. The number of nitrogens with two attached hydrogens (primary N) is 1. The Kier molecular flexibility index (Phi) is 3.04. The molecule has 66 valence electrons. The van der Waals surface area contributed by atoms with Crippen molar-refractivity contribution >= 4 is 17.4 Å². The molecule has 0 bridgehead atoms. The number of carbonyl (C=O) groups excluding carboxylic acids is 1. The van der Waals surface area contributed by atoms with Crippen LogP contribution in [0.5, 0.6) is 0 Å². The van der Waals surface area contributed by atoms with E-state index in [1.165, 1.54) is 0 Å². The zero-order valence-corrected chi connectivity index (χ0v) is 7.56. The number of rotatable bonds is 3. The maximum Gasteiger partial charge on any atom is 0.404 e. The summed E-state index contributed by atoms with van der Waals surface area (Å²) in [5, 5.41) is 0. The topological polar surface area (TPSA) is 65.2 Å². The third-order valence-corrected chi connectivity index (χ3v) is 2.41. The molecule has 0 aliphatic heterocycles. The monoisotopic (exact) mass is 186 g/mol. The molecule has 4 nitrogen and oxygen atoms in total. The lowest BCUT2D eigenvalue weighted by Crippen LogP contribution is -2.14. The predicted molar refractivity (Wildman–Crippen MR) is 46.1 cm³/mol. The van der Waals surface area contributed by atoms with E-state index in [9.17, 15) is 4.79 Å². The second-order valence-corrected chi connectivity index (χ2v) is 3.22. The van der Waals surface area contributed by atoms with Crippen LogP contribution in [0.4, 0.5) is 4.79 Å². The van der Waals surface area contributed by atoms with Crippen LogP contribution in [0.25, 0.3) is 0 Å². The van der Waals surface area contributed by atoms with Crippen molar-refractivity contribution in [1.29, 1.82) is 0 Å². The molecule has 0 aliphatic rings. The Morgan fingerprint density at radius 3 is 3.08 bits per heavy atom. The first-order valence-corrected chi connectivity index (χ1v) is 4.39. The van der Waals surface area contributed by atoms with E-state index in [1.807, 2.05) is 6.92 Å². The van der Waals surface area contributed by atoms with Crippen LogP contribution in [0.15, 0.2) is 5.51 Å². The number of ether oxygens (including phenoxy) is 1. The quantitative estimate of drug-likeness (QED) is 0.768. The van der Waals surface area contributed by atoms with Crippen molar-refractivity contribution in [1.82, 2.24) is 4.98 Å². The van der Waals surface area contributed by atoms with Crippen molar-refractivity contribution in [3.05, 3.63) is 16.1 Å². The summed E-state index contributed by atoms with van der Waals surface area (Å²) < 4.78 is 4.59. The number of primary amides is 1. The highest BCUT2D eigenvalue weighted by Crippen LogP contribution is 2.12. The number of amides is 1. The molecule has 0 atom stereocenters. The first kappa shape index (κ1) is 8.99. The predicted octanol–water partition coefficient (Wildman–Crippen LogP) is 1.09. The lowest BCUT2D eigenvalue weighted by Gasteiger charge is -1.98. The van der Waals surface area contributed by atoms with Gasteiger partial charge in [-0.25, -0.2) is 9.78 Å². The molecule has 2 N–H and O–H groups in total. The van der Waals surface area contributed by atoms with Gasteiger partial charge in [0.1, 0.15) is 0 Å². The highest BCUT2D eigenvalue weighted by molar-refractivity contribution is 7.09. The summed E-state index contributed by atoms with van der Waals surface area (Å²) in [4.78, 5) is 15.4. The largest absolute Gasteiger partial charge is 0.449 e. The molecular formula is C7H10N2O2S. The van der Waals surface area contributed by atoms with Crippen LogP contribution in [-0.4, -0.2) is 17.7 Å². The maximum absolute atomic E-state index is 10.2. The van der Waals surface area contributed by atoms with E-state index in [2.05, 4.69) is 9.72 Å². The summed E-state index contributed by atoms with van der Waals surface area (Å²) in [6, 6.07) is 0. The number of hydrogen-bond acceptors (Lipinski definition) is 4. The minimum atomic E-state index is -0.725. The summed E-state index contributed by atoms with van der Waals surface area (Å²) in [7, 11) is 0. The van der Waals surface area contributed by atoms with Crippen LogP contribution in [0.1, 0.15) is 10.6 Å². The van der Waals surface area contributed by atoms with Crippen LogP contribution in [0.2, 0.25) is 0 Å². The molecule has 0 aromatic carbocycles. The molecule has 0 saturated carbocycles. The van der Waals surface area contributed by atoms with Gasteiger partial charge in [0.15, 0.2) is 0 Å². The fourth-order valence-corrected chi connectivity index (χ4v) is 1.57. The third kappa shape index (κ3) is 2.50. The average Bonchev–Trinajstić information content (AvgIpc) is 2.36. The number of carbonyl (C=O) groups is 1. The van der Waals surface area contributed by atoms with Gasteiger partial charge in [-0.1, -0.05) is 0 Å². The van der Waals surface area contributed by atoms with Gasteiger partial charge in [-0.05, 0) is 6.92 Å². The molecule has 1 heterocycles. The molecule has 1 amide bonds. The van der Waals surface area contributed by atoms with Crippen molar-refractivity contribution in [2.45, 2.75) is 13.3 Å². The second-order valence-electron chi connectivity index (χ2n) is 2.28. The SMILES string of the molecule is Cc1ncsc1CCOC(N)=O. The highest BCUT2D eigenvalue weighted by Gasteiger charge is 2.01. The lowest BCUT2D eigenvalue weighted by molar-refractivity contribution is 0.158. The van der Waals surface area contributed by atoms with E-state index in [-0.39, 0.29) is 0 Å². The molecule has 5 heteroatoms. The van der Waals surface area contributed by atoms with E-state index >= 15 is 0 Å². The molecule has 12 heavy (non-hydrogen) atoms. The Morgan fingerprint density at radius 1 is 1.83 bits per heavy atom. The summed E-state index contributed by atoms with van der Waals surface area (Å²) in [5.41, 5.74) is 7.56. The fraction of sp³-hybridized carbons (Fsp3) is 0.429. The number of aromatic nitrogens is 1. The van der Waals surface area contributed by atoms with Crippen molar-refractivity contribution in [3.63, 3.8) is 0 Å². The number of hydrogen-bond donors (Lipinski definition) is 1. The van der Waals surface area contributed by atoms with Crippen LogP contribution in [-0.2, 0) is 11.2 Å². The summed E-state index contributed by atoms with van der Waals surface area (Å²) in [6.45, 7) is 2.26. The van der Waals surface area contributed by atoms with Gasteiger partial charge in [0.25, 0.3) is 0 Å². The van der Waals surface area contributed by atoms with E-state index < -0.39 is 6.09 Å². The smallest absolute Gasteiger partial charge is 0.404 e. The van der Waals surface area contributed by atoms with Crippen LogP contribution in [0, 0.1) is 6.92 Å². The van der Waals surface area contributed by atoms with Gasteiger partial charge >= 0.3 is 6.09 Å². The number of nitrogens with zero attached hydrogens (tertiary/aromatic N) is 1. The van der Waals surface area contributed by atoms with E-state index in [1.54, 1.807) is 16.8 Å². The highest BCUT2D eigenvalue weighted by atomic mass is 32.1. The molecule has 0 fully saturated rings. The average molecular weight is 186 g/mol. The normalized spacial score (nSPS) is 9.75. The van der Waals surface area contributed by atoms with Crippen LogP contribution in [0.3, 0.4) is 0 Å². The second kappa shape index (κ2) is 4.06. The van der Waals surface area contributed by atoms with Gasteiger partial charge in [0.2, 0.25) is 0 Å². The Bertz CT molecular complexity index is 272. The van der Waals surface area contributed by atoms with Crippen molar-refractivity contribution in [2.24, 2.45) is 5.73 Å². The van der Waals surface area contributed by atoms with Crippen LogP contribution < -0.4 is 5.73 Å². The molecule has 0 spiro atoms. The molecule has 1 aromatic heterocycles. The minimum absolute atomic E-state index is 0.332. The van der Waals surface area contributed by atoms with Gasteiger partial charge in [0, 0.05) is 11.3 Å². The van der Waals surface area contributed by atoms with Crippen molar-refractivity contribution < 1.29 is 9.53 Å². The van der Waals surface area contributed by atoms with Crippen molar-refractivity contribution in [3.8, 4) is 0 Å². The van der Waals surface area contributed by atoms with E-state index in [0.29, 0.717) is 13.0 Å². The molecule has 0 unspecified atom stereocenters. The van der Waals surface area contributed by atoms with Gasteiger partial charge in [0.05, 0.1) is 17.8 Å². The first-order chi connectivity index (χ1) is 5.70. The Morgan fingerprint density at radius 2 is 2.58 bits per heavy atom. The van der Waals surface area contributed by atoms with Gasteiger partial charge < -0.3 is 10.5 Å². The molecule has 0 radical (unpaired) electrons. The minimum Gasteiger partial charge on any atom is -0.449 e. The van der Waals surface area contributed by atoms with Gasteiger partial charge in [-0.2, -0.15) is 0 Å². The third-order valence-electron chi connectivity index (χ3n) is 1.42. The Hall–Kier alpha value is -1.10. The fourth-order valence-electron chi connectivity index (χ4n) is 0.810. The zero-order valence-electron chi connectivity index (χ0n) is 6.74. The van der Waals surface area contributed by atoms with E-state index in [4.69, 9.17) is 5.73 Å². The lowest BCUT2D eigenvalue weighted by atomic mass is 10.3. The van der Waals surface area contributed by atoms with E-state index in [0.717, 1.165) is 10.6 Å². The van der Waals surface area contributed by atoms with Gasteiger partial charge in [-0.3, -0.25) is 0 Å². The number of thiazole rings is 1. The van der Waals surface area contributed by atoms with Crippen LogP contribution >= 0.6 is 11.3 Å². The zero-order chi connectivity index (χ0) is 8.97. The van der Waals surface area contributed by atoms with Crippen molar-refractivity contribution in [2.75, 3.05) is 6.61 Å². The molecule has 1 aromatic rings. The molecule has 1 rings (SSSR count). The number of aryl methyl sites for hydroxylation is 1. The molecular weight excluding hydrogens is 176 g/mol. The molecule has 0 saturated heterocycles. The summed E-state index contributed by atoms with van der Waals surface area (Å²) in [5.74, 6) is 0. The molecule has 0 aliphatic carbocycles. The first-order valence-electron chi connectivity index (χ1n) is 3.51. The Labute approximate surface area is 74.4 Å². The standard InChI is InChI=1S/C7H10N2O2S/c1-5-6(12-4-9-5)2-3-11-7(8)10/h4H,2-3H2,1H3,(H2,8,10). The maximum atomic E-state index is 10.2. The summed E-state index contributed by atoms with van der Waals surface area (Å²) >= 11 is 1.56. The van der Waals surface area contributed by atoms with Gasteiger partial charge in [-0.15, -0.1) is 11.3 Å².